The molecule has 0 saturated carbocycles. The molecule has 0 aliphatic carbocycles. The smallest absolute Gasteiger partial charge is 0.144 e. The number of carbonyl (C=O) groups excluding carboxylic acids is 2. The predicted molar refractivity (Wildman–Crippen MR) is 75.9 cm³/mol. The van der Waals surface area contributed by atoms with E-state index in [1.54, 1.807) is 0 Å². The van der Waals surface area contributed by atoms with Crippen LogP contribution in [-0.2, 0) is 16.0 Å². The second-order valence-electron chi connectivity index (χ2n) is 4.66. The Hall–Kier alpha value is -2.22. The molecule has 0 aliphatic rings. The van der Waals surface area contributed by atoms with E-state index < -0.39 is 0 Å². The lowest BCUT2D eigenvalue weighted by Gasteiger charge is -2.05. The zero-order chi connectivity index (χ0) is 13.7. The summed E-state index contributed by atoms with van der Waals surface area (Å²) in [6.45, 7) is 1.44. The van der Waals surface area contributed by atoms with E-state index >= 15 is 0 Å². The van der Waals surface area contributed by atoms with Crippen LogP contribution >= 0.6 is 0 Å². The van der Waals surface area contributed by atoms with Gasteiger partial charge in [-0.05, 0) is 23.6 Å². The van der Waals surface area contributed by atoms with E-state index in [0.29, 0.717) is 6.42 Å². The molecule has 0 aromatic heterocycles. The van der Waals surface area contributed by atoms with Crippen molar-refractivity contribution in [1.82, 2.24) is 0 Å². The van der Waals surface area contributed by atoms with Crippen molar-refractivity contribution < 1.29 is 9.59 Å². The molecule has 96 valence electrons. The van der Waals surface area contributed by atoms with Gasteiger partial charge in [0, 0.05) is 6.42 Å². The van der Waals surface area contributed by atoms with Gasteiger partial charge in [-0.1, -0.05) is 54.6 Å². The molecule has 2 aromatic rings. The average Bonchev–Trinajstić information content (AvgIpc) is 2.39. The van der Waals surface area contributed by atoms with E-state index in [9.17, 15) is 9.59 Å². The summed E-state index contributed by atoms with van der Waals surface area (Å²) in [6.07, 6.45) is 0.343. The van der Waals surface area contributed by atoms with Crippen LogP contribution < -0.4 is 0 Å². The summed E-state index contributed by atoms with van der Waals surface area (Å²) < 4.78 is 0. The Morgan fingerprint density at radius 2 is 1.58 bits per heavy atom. The molecule has 2 nitrogen and oxygen atoms in total. The Labute approximate surface area is 113 Å². The van der Waals surface area contributed by atoms with Gasteiger partial charge >= 0.3 is 0 Å². The van der Waals surface area contributed by atoms with Crippen molar-refractivity contribution in [3.05, 3.63) is 60.2 Å². The summed E-state index contributed by atoms with van der Waals surface area (Å²) in [7, 11) is 0. The average molecular weight is 252 g/mol. The zero-order valence-electron chi connectivity index (χ0n) is 10.9. The summed E-state index contributed by atoms with van der Waals surface area (Å²) >= 11 is 0. The van der Waals surface area contributed by atoms with Crippen molar-refractivity contribution in [2.45, 2.75) is 19.8 Å². The van der Waals surface area contributed by atoms with Crippen LogP contribution in [0.4, 0.5) is 0 Å². The monoisotopic (exact) mass is 252 g/mol. The molecular weight excluding hydrogens is 236 g/mol. The normalized spacial score (nSPS) is 10.2. The van der Waals surface area contributed by atoms with Crippen LogP contribution in [0.15, 0.2) is 54.6 Å². The summed E-state index contributed by atoms with van der Waals surface area (Å²) in [6, 6.07) is 17.9. The third-order valence-corrected chi connectivity index (χ3v) is 2.88. The lowest BCUT2D eigenvalue weighted by atomic mass is 9.99. The van der Waals surface area contributed by atoms with E-state index in [1.165, 1.54) is 6.92 Å². The Bertz CT molecular complexity index is 585. The highest BCUT2D eigenvalue weighted by Crippen LogP contribution is 2.20. The molecule has 0 N–H and O–H groups in total. The fraction of sp³-hybridized carbons (Fsp3) is 0.176. The molecule has 0 amide bonds. The quantitative estimate of drug-likeness (QED) is 0.764. The molecule has 19 heavy (non-hydrogen) atoms. The van der Waals surface area contributed by atoms with Crippen LogP contribution in [0.25, 0.3) is 11.1 Å². The van der Waals surface area contributed by atoms with Gasteiger partial charge in [0.1, 0.15) is 11.6 Å². The maximum atomic E-state index is 11.6. The molecule has 2 rings (SSSR count). The first-order chi connectivity index (χ1) is 9.15. The molecule has 0 bridgehead atoms. The van der Waals surface area contributed by atoms with Gasteiger partial charge < -0.3 is 0 Å². The van der Waals surface area contributed by atoms with Gasteiger partial charge in [0.25, 0.3) is 0 Å². The van der Waals surface area contributed by atoms with Crippen molar-refractivity contribution in [3.63, 3.8) is 0 Å². The number of hydrogen-bond donors (Lipinski definition) is 0. The lowest BCUT2D eigenvalue weighted by Crippen LogP contribution is -2.07. The zero-order valence-corrected chi connectivity index (χ0v) is 10.9. The van der Waals surface area contributed by atoms with Crippen LogP contribution in [0.2, 0.25) is 0 Å². The van der Waals surface area contributed by atoms with Crippen LogP contribution in [-0.4, -0.2) is 11.6 Å². The highest BCUT2D eigenvalue weighted by molar-refractivity contribution is 5.98. The van der Waals surface area contributed by atoms with E-state index in [0.717, 1.165) is 16.7 Å². The number of ketones is 2. The fourth-order valence-corrected chi connectivity index (χ4v) is 2.06. The number of hydrogen-bond acceptors (Lipinski definition) is 2. The first kappa shape index (κ1) is 13.2. The van der Waals surface area contributed by atoms with Crippen LogP contribution in [0, 0.1) is 0 Å². The largest absolute Gasteiger partial charge is 0.300 e. The molecule has 0 saturated heterocycles. The lowest BCUT2D eigenvalue weighted by molar-refractivity contribution is -0.125. The van der Waals surface area contributed by atoms with Crippen molar-refractivity contribution in [3.8, 4) is 11.1 Å². The van der Waals surface area contributed by atoms with Crippen LogP contribution in [0.1, 0.15) is 18.9 Å². The van der Waals surface area contributed by atoms with E-state index in [-0.39, 0.29) is 18.0 Å². The number of benzene rings is 2. The maximum Gasteiger partial charge on any atom is 0.144 e. The summed E-state index contributed by atoms with van der Waals surface area (Å²) in [4.78, 5) is 22.6. The third-order valence-electron chi connectivity index (χ3n) is 2.88. The highest BCUT2D eigenvalue weighted by atomic mass is 16.1. The molecular formula is C17H16O2. The number of carbonyl (C=O) groups is 2. The molecule has 0 heterocycles. The van der Waals surface area contributed by atoms with Crippen molar-refractivity contribution in [2.24, 2.45) is 0 Å². The van der Waals surface area contributed by atoms with Gasteiger partial charge in [-0.2, -0.15) is 0 Å². The van der Waals surface area contributed by atoms with E-state index in [1.807, 2.05) is 54.6 Å². The molecule has 0 spiro atoms. The minimum Gasteiger partial charge on any atom is -0.300 e. The first-order valence-corrected chi connectivity index (χ1v) is 6.30. The van der Waals surface area contributed by atoms with Crippen molar-refractivity contribution >= 4 is 11.6 Å². The topological polar surface area (TPSA) is 34.1 Å². The minimum atomic E-state index is -0.0794. The van der Waals surface area contributed by atoms with Crippen LogP contribution in [0.3, 0.4) is 0 Å². The van der Waals surface area contributed by atoms with Gasteiger partial charge in [-0.3, -0.25) is 9.59 Å². The summed E-state index contributed by atoms with van der Waals surface area (Å²) in [5.41, 5.74) is 3.17. The number of Topliss-reactive ketones (excluding diaryl/α,β-unsaturated/α-hetero) is 2. The molecule has 0 atom stereocenters. The second kappa shape index (κ2) is 6.10. The third kappa shape index (κ3) is 3.88. The maximum absolute atomic E-state index is 11.6. The minimum absolute atomic E-state index is 0.0234. The predicted octanol–water partition coefficient (Wildman–Crippen LogP) is 3.44. The molecule has 2 heteroatoms. The van der Waals surface area contributed by atoms with Crippen LogP contribution in [0.5, 0.6) is 0 Å². The van der Waals surface area contributed by atoms with Crippen molar-refractivity contribution in [1.29, 1.82) is 0 Å². The Balaban J connectivity index is 2.16. The van der Waals surface area contributed by atoms with Gasteiger partial charge in [-0.25, -0.2) is 0 Å². The van der Waals surface area contributed by atoms with Gasteiger partial charge in [0.05, 0.1) is 6.42 Å². The van der Waals surface area contributed by atoms with Gasteiger partial charge in [-0.15, -0.1) is 0 Å². The summed E-state index contributed by atoms with van der Waals surface area (Å²) in [5.74, 6) is -0.109. The van der Waals surface area contributed by atoms with E-state index in [2.05, 4.69) is 0 Å². The molecule has 0 radical (unpaired) electrons. The van der Waals surface area contributed by atoms with Gasteiger partial charge in [0.15, 0.2) is 0 Å². The number of rotatable bonds is 5. The fourth-order valence-electron chi connectivity index (χ4n) is 2.06. The van der Waals surface area contributed by atoms with E-state index in [4.69, 9.17) is 0 Å². The molecule has 2 aromatic carbocycles. The Kier molecular flexibility index (Phi) is 4.24. The highest BCUT2D eigenvalue weighted by Gasteiger charge is 2.07. The molecule has 0 fully saturated rings. The first-order valence-electron chi connectivity index (χ1n) is 6.30. The van der Waals surface area contributed by atoms with Gasteiger partial charge in [0.2, 0.25) is 0 Å². The molecule has 0 aliphatic heterocycles. The SMILES string of the molecule is CC(=O)CC(=O)Cc1cccc(-c2ccccc2)c1. The second-order valence-corrected chi connectivity index (χ2v) is 4.66. The Morgan fingerprint density at radius 3 is 2.26 bits per heavy atom. The van der Waals surface area contributed by atoms with Crippen molar-refractivity contribution in [2.75, 3.05) is 0 Å². The molecule has 0 unspecified atom stereocenters. The Morgan fingerprint density at radius 1 is 0.895 bits per heavy atom. The standard InChI is InChI=1S/C17H16O2/c1-13(18)10-17(19)12-14-6-5-9-16(11-14)15-7-3-2-4-8-15/h2-9,11H,10,12H2,1H3. The summed E-state index contributed by atoms with van der Waals surface area (Å²) in [5, 5.41) is 0.